The fourth-order valence-electron chi connectivity index (χ4n) is 2.96. The Hall–Kier alpha value is -1.88. The van der Waals surface area contributed by atoms with Crippen molar-refractivity contribution in [1.82, 2.24) is 10.3 Å². The molecule has 4 nitrogen and oxygen atoms in total. The van der Waals surface area contributed by atoms with E-state index in [1.54, 1.807) is 18.4 Å². The third-order valence-electron chi connectivity index (χ3n) is 4.33. The summed E-state index contributed by atoms with van der Waals surface area (Å²) in [6.07, 6.45) is 5.68. The van der Waals surface area contributed by atoms with E-state index in [1.807, 2.05) is 29.6 Å². The molecule has 2 aromatic rings. The molecule has 23 heavy (non-hydrogen) atoms. The molecule has 0 spiro atoms. The second-order valence-electron chi connectivity index (χ2n) is 5.91. The van der Waals surface area contributed by atoms with Gasteiger partial charge in [-0.1, -0.05) is 19.3 Å². The molecule has 1 fully saturated rings. The lowest BCUT2D eigenvalue weighted by molar-refractivity contribution is -0.126. The Balaban J connectivity index is 1.57. The maximum absolute atomic E-state index is 12.2. The van der Waals surface area contributed by atoms with Crippen LogP contribution >= 0.6 is 11.3 Å². The second-order valence-corrected chi connectivity index (χ2v) is 6.85. The first kappa shape index (κ1) is 16.0. The van der Waals surface area contributed by atoms with Crippen molar-refractivity contribution in [1.29, 1.82) is 0 Å². The zero-order chi connectivity index (χ0) is 16.1. The number of nitrogens with zero attached hydrogens (tertiary/aromatic N) is 1. The second kappa shape index (κ2) is 7.59. The molecule has 5 heteroatoms. The number of amides is 1. The molecular weight excluding hydrogens is 308 g/mol. The summed E-state index contributed by atoms with van der Waals surface area (Å²) in [4.78, 5) is 16.8. The highest BCUT2D eigenvalue weighted by atomic mass is 32.1. The van der Waals surface area contributed by atoms with Crippen LogP contribution in [0.1, 0.15) is 37.1 Å². The van der Waals surface area contributed by atoms with Crippen molar-refractivity contribution in [2.75, 3.05) is 7.11 Å². The zero-order valence-electron chi connectivity index (χ0n) is 13.4. The maximum atomic E-state index is 12.2. The Labute approximate surface area is 140 Å². The number of carbonyl (C=O) groups is 1. The Morgan fingerprint density at radius 2 is 2.00 bits per heavy atom. The number of thiazole rings is 1. The molecule has 1 amide bonds. The van der Waals surface area contributed by atoms with Crippen LogP contribution in [0, 0.1) is 5.92 Å². The van der Waals surface area contributed by atoms with E-state index in [-0.39, 0.29) is 11.8 Å². The quantitative estimate of drug-likeness (QED) is 0.901. The summed E-state index contributed by atoms with van der Waals surface area (Å²) >= 11 is 1.59. The molecule has 0 saturated heterocycles. The van der Waals surface area contributed by atoms with Gasteiger partial charge in [-0.3, -0.25) is 4.79 Å². The highest BCUT2D eigenvalue weighted by Crippen LogP contribution is 2.25. The molecule has 1 heterocycles. The molecule has 1 aliphatic rings. The topological polar surface area (TPSA) is 51.2 Å². The fourth-order valence-corrected chi connectivity index (χ4v) is 3.70. The van der Waals surface area contributed by atoms with E-state index < -0.39 is 0 Å². The normalized spacial score (nSPS) is 15.3. The predicted molar refractivity (Wildman–Crippen MR) is 92.5 cm³/mol. The van der Waals surface area contributed by atoms with Gasteiger partial charge >= 0.3 is 0 Å². The van der Waals surface area contributed by atoms with Crippen molar-refractivity contribution in [2.45, 2.75) is 38.6 Å². The minimum atomic E-state index is 0.186. The Bertz CT molecular complexity index is 645. The number of nitrogens with one attached hydrogen (secondary N) is 1. The van der Waals surface area contributed by atoms with Crippen molar-refractivity contribution in [3.05, 3.63) is 34.7 Å². The Morgan fingerprint density at radius 3 is 2.70 bits per heavy atom. The van der Waals surface area contributed by atoms with Crippen molar-refractivity contribution < 1.29 is 9.53 Å². The van der Waals surface area contributed by atoms with Crippen LogP contribution in [0.2, 0.25) is 0 Å². The van der Waals surface area contributed by atoms with E-state index >= 15 is 0 Å². The van der Waals surface area contributed by atoms with Gasteiger partial charge in [-0.15, -0.1) is 11.3 Å². The first-order valence-electron chi connectivity index (χ1n) is 8.13. The minimum Gasteiger partial charge on any atom is -0.497 e. The number of ether oxygens (including phenoxy) is 1. The van der Waals surface area contributed by atoms with Gasteiger partial charge in [0.25, 0.3) is 0 Å². The number of carbonyl (C=O) groups excluding carboxylic acids is 1. The van der Waals surface area contributed by atoms with Crippen LogP contribution in [0.4, 0.5) is 0 Å². The lowest BCUT2D eigenvalue weighted by atomic mass is 9.89. The van der Waals surface area contributed by atoms with Gasteiger partial charge in [0, 0.05) is 16.9 Å². The molecule has 1 aromatic carbocycles. The summed E-state index contributed by atoms with van der Waals surface area (Å²) in [5, 5.41) is 6.02. The van der Waals surface area contributed by atoms with E-state index in [4.69, 9.17) is 4.74 Å². The fraction of sp³-hybridized carbons (Fsp3) is 0.444. The van der Waals surface area contributed by atoms with Gasteiger partial charge in [0.15, 0.2) is 0 Å². The number of aromatic nitrogens is 1. The van der Waals surface area contributed by atoms with Crippen LogP contribution in [0.15, 0.2) is 29.6 Å². The molecule has 0 aliphatic heterocycles. The number of benzene rings is 1. The standard InChI is InChI=1S/C18H22N2O2S/c1-22-15-9-7-13(8-10-15)16-12-23-17(20-16)11-19-18(21)14-5-3-2-4-6-14/h7-10,12,14H,2-6,11H2,1H3,(H,19,21). The van der Waals surface area contributed by atoms with Crippen LogP contribution in [-0.2, 0) is 11.3 Å². The largest absolute Gasteiger partial charge is 0.497 e. The molecule has 1 N–H and O–H groups in total. The average Bonchev–Trinajstić information content (AvgIpc) is 3.09. The third kappa shape index (κ3) is 4.10. The molecule has 0 atom stereocenters. The van der Waals surface area contributed by atoms with Crippen LogP contribution in [0.25, 0.3) is 11.3 Å². The molecule has 0 bridgehead atoms. The number of methoxy groups -OCH3 is 1. The van der Waals surface area contributed by atoms with Crippen LogP contribution in [-0.4, -0.2) is 18.0 Å². The first-order chi connectivity index (χ1) is 11.3. The molecular formula is C18H22N2O2S. The number of rotatable bonds is 5. The van der Waals surface area contributed by atoms with Crippen LogP contribution in [0.5, 0.6) is 5.75 Å². The molecule has 1 aromatic heterocycles. The van der Waals surface area contributed by atoms with Crippen molar-refractivity contribution >= 4 is 17.2 Å². The molecule has 0 unspecified atom stereocenters. The number of hydrogen-bond acceptors (Lipinski definition) is 4. The Kier molecular flexibility index (Phi) is 5.28. The predicted octanol–water partition coefficient (Wildman–Crippen LogP) is 4.02. The van der Waals surface area contributed by atoms with E-state index in [2.05, 4.69) is 10.3 Å². The summed E-state index contributed by atoms with van der Waals surface area (Å²) in [6, 6.07) is 7.86. The van der Waals surface area contributed by atoms with Gasteiger partial charge < -0.3 is 10.1 Å². The highest BCUT2D eigenvalue weighted by molar-refractivity contribution is 7.09. The molecule has 1 aliphatic carbocycles. The van der Waals surface area contributed by atoms with Gasteiger partial charge in [-0.05, 0) is 37.1 Å². The third-order valence-corrected chi connectivity index (χ3v) is 5.18. The SMILES string of the molecule is COc1ccc(-c2csc(CNC(=O)C3CCCCC3)n2)cc1. The van der Waals surface area contributed by atoms with Crippen LogP contribution in [0.3, 0.4) is 0 Å². The van der Waals surface area contributed by atoms with Crippen molar-refractivity contribution in [3.8, 4) is 17.0 Å². The number of hydrogen-bond donors (Lipinski definition) is 1. The van der Waals surface area contributed by atoms with E-state index in [0.29, 0.717) is 6.54 Å². The lowest BCUT2D eigenvalue weighted by Crippen LogP contribution is -2.31. The smallest absolute Gasteiger partial charge is 0.223 e. The van der Waals surface area contributed by atoms with E-state index in [0.717, 1.165) is 34.9 Å². The minimum absolute atomic E-state index is 0.186. The van der Waals surface area contributed by atoms with Gasteiger partial charge in [-0.2, -0.15) is 0 Å². The summed E-state index contributed by atoms with van der Waals surface area (Å²) in [6.45, 7) is 0.524. The lowest BCUT2D eigenvalue weighted by Gasteiger charge is -2.20. The molecule has 3 rings (SSSR count). The highest BCUT2D eigenvalue weighted by Gasteiger charge is 2.20. The van der Waals surface area contributed by atoms with Gasteiger partial charge in [0.2, 0.25) is 5.91 Å². The summed E-state index contributed by atoms with van der Waals surface area (Å²) < 4.78 is 5.17. The van der Waals surface area contributed by atoms with Crippen molar-refractivity contribution in [2.24, 2.45) is 5.92 Å². The summed E-state index contributed by atoms with van der Waals surface area (Å²) in [7, 11) is 1.66. The van der Waals surface area contributed by atoms with Gasteiger partial charge in [-0.25, -0.2) is 4.98 Å². The van der Waals surface area contributed by atoms with Crippen molar-refractivity contribution in [3.63, 3.8) is 0 Å². The monoisotopic (exact) mass is 330 g/mol. The van der Waals surface area contributed by atoms with E-state index in [9.17, 15) is 4.79 Å². The van der Waals surface area contributed by atoms with Gasteiger partial charge in [0.05, 0.1) is 19.3 Å². The van der Waals surface area contributed by atoms with Gasteiger partial charge in [0.1, 0.15) is 10.8 Å². The first-order valence-corrected chi connectivity index (χ1v) is 9.01. The molecule has 1 saturated carbocycles. The van der Waals surface area contributed by atoms with E-state index in [1.165, 1.54) is 19.3 Å². The molecule has 122 valence electrons. The van der Waals surface area contributed by atoms with Crippen LogP contribution < -0.4 is 10.1 Å². The molecule has 0 radical (unpaired) electrons. The average molecular weight is 330 g/mol. The maximum Gasteiger partial charge on any atom is 0.223 e. The Morgan fingerprint density at radius 1 is 1.26 bits per heavy atom. The summed E-state index contributed by atoms with van der Waals surface area (Å²) in [5.74, 6) is 1.22. The zero-order valence-corrected chi connectivity index (χ0v) is 14.2. The summed E-state index contributed by atoms with van der Waals surface area (Å²) in [5.41, 5.74) is 2.01.